The van der Waals surface area contributed by atoms with Crippen LogP contribution in [0.2, 0.25) is 0 Å². The van der Waals surface area contributed by atoms with Crippen molar-refractivity contribution in [2.24, 2.45) is 5.92 Å². The molecule has 8 aromatic rings. The molecule has 55 heavy (non-hydrogen) atoms. The second kappa shape index (κ2) is 14.5. The molecule has 1 N–H and O–H groups in total. The summed E-state index contributed by atoms with van der Waals surface area (Å²) >= 11 is 0. The maximum atomic E-state index is 11.4. The molecule has 0 aliphatic rings. The van der Waals surface area contributed by atoms with Crippen LogP contribution in [0.15, 0.2) is 152 Å². The van der Waals surface area contributed by atoms with Crippen LogP contribution in [0.25, 0.3) is 72.7 Å². The van der Waals surface area contributed by atoms with Crippen molar-refractivity contribution in [3.05, 3.63) is 168 Å². The zero-order valence-corrected chi connectivity index (χ0v) is 31.7. The summed E-state index contributed by atoms with van der Waals surface area (Å²) in [6.07, 6.45) is 2.49. The van der Waals surface area contributed by atoms with E-state index in [1.54, 1.807) is 30.5 Å². The van der Waals surface area contributed by atoms with Gasteiger partial charge >= 0.3 is 0 Å². The van der Waals surface area contributed by atoms with Crippen molar-refractivity contribution in [3.8, 4) is 67.5 Å². The molecule has 0 amide bonds. The average molecular weight is 725 g/mol. The summed E-state index contributed by atoms with van der Waals surface area (Å²) in [6, 6.07) is 37.9. The lowest BCUT2D eigenvalue weighted by atomic mass is 9.83. The average Bonchev–Trinajstić information content (AvgIpc) is 3.62. The lowest BCUT2D eigenvalue weighted by molar-refractivity contribution is 0.477. The molecule has 272 valence electrons. The second-order valence-corrected chi connectivity index (χ2v) is 15.5. The number of imidazole rings is 1. The molecule has 0 radical (unpaired) electrons. The van der Waals surface area contributed by atoms with Crippen LogP contribution < -0.4 is 0 Å². The Morgan fingerprint density at radius 1 is 0.691 bits per heavy atom. The normalized spacial score (nSPS) is 13.8. The smallest absolute Gasteiger partial charge is 0.149 e. The first kappa shape index (κ1) is 28.2. The van der Waals surface area contributed by atoms with Crippen molar-refractivity contribution < 1.29 is 14.7 Å². The van der Waals surface area contributed by atoms with Gasteiger partial charge in [0.05, 0.1) is 33.5 Å². The number of phenols is 1. The van der Waals surface area contributed by atoms with E-state index in [1.165, 1.54) is 5.56 Å². The molecular weight excluding hydrogens is 671 g/mol. The van der Waals surface area contributed by atoms with Gasteiger partial charge in [0.15, 0.2) is 0 Å². The van der Waals surface area contributed by atoms with E-state index in [-0.39, 0.29) is 16.7 Å². The van der Waals surface area contributed by atoms with Crippen molar-refractivity contribution in [1.82, 2.24) is 14.5 Å². The fourth-order valence-electron chi connectivity index (χ4n) is 7.21. The predicted octanol–water partition coefficient (Wildman–Crippen LogP) is 13.3. The number of fused-ring (bicyclic) bond motifs is 1. The highest BCUT2D eigenvalue weighted by Gasteiger charge is 2.24. The van der Waals surface area contributed by atoms with Crippen LogP contribution in [0.3, 0.4) is 0 Å². The quantitative estimate of drug-likeness (QED) is 0.170. The maximum absolute atomic E-state index is 11.4. The Balaban J connectivity index is 1.36. The number of nitrogens with zero attached hydrogens (tertiary/aromatic N) is 3. The molecule has 0 aliphatic carbocycles. The number of hydrogen-bond acceptors (Lipinski definition) is 3. The molecule has 0 saturated carbocycles. The number of rotatable bonds is 8. The minimum Gasteiger partial charge on any atom is -0.507 e. The number of phenolic OH excluding ortho intramolecular Hbond substituents is 1. The minimum absolute atomic E-state index is 0.00274. The molecule has 2 heterocycles. The summed E-state index contributed by atoms with van der Waals surface area (Å²) in [5.74, 6) is 1.17. The Bertz CT molecular complexity index is 2970. The number of aromatic hydroxyl groups is 1. The highest BCUT2D eigenvalue weighted by molar-refractivity contribution is 5.97. The van der Waals surface area contributed by atoms with Crippen LogP contribution >= 0.6 is 0 Å². The van der Waals surface area contributed by atoms with Crippen molar-refractivity contribution in [2.75, 3.05) is 0 Å². The lowest BCUT2D eigenvalue weighted by Crippen LogP contribution is -2.11. The van der Waals surface area contributed by atoms with Gasteiger partial charge in [-0.15, -0.1) is 0 Å². The van der Waals surface area contributed by atoms with Crippen LogP contribution in [-0.4, -0.2) is 19.6 Å². The van der Waals surface area contributed by atoms with E-state index in [0.717, 1.165) is 56.5 Å². The van der Waals surface area contributed by atoms with Crippen LogP contribution in [0.5, 0.6) is 5.75 Å². The van der Waals surface area contributed by atoms with Crippen LogP contribution in [0.4, 0.5) is 0 Å². The lowest BCUT2D eigenvalue weighted by Gasteiger charge is -2.22. The molecule has 0 unspecified atom stereocenters. The summed E-state index contributed by atoms with van der Waals surface area (Å²) in [5, 5.41) is 11.4. The van der Waals surface area contributed by atoms with Gasteiger partial charge < -0.3 is 5.11 Å². The van der Waals surface area contributed by atoms with Gasteiger partial charge in [0.2, 0.25) is 0 Å². The van der Waals surface area contributed by atoms with Gasteiger partial charge in [0.25, 0.3) is 0 Å². The molecule has 2 aromatic heterocycles. The summed E-state index contributed by atoms with van der Waals surface area (Å²) in [7, 11) is 0. The zero-order valence-electron chi connectivity index (χ0n) is 38.7. The van der Waals surface area contributed by atoms with Crippen LogP contribution in [0, 0.1) is 12.8 Å². The number of pyridine rings is 1. The van der Waals surface area contributed by atoms with Crippen molar-refractivity contribution in [2.45, 2.75) is 53.3 Å². The van der Waals surface area contributed by atoms with E-state index in [1.807, 2.05) is 48.5 Å². The molecule has 0 aliphatic heterocycles. The molecule has 0 atom stereocenters. The van der Waals surface area contributed by atoms with E-state index in [4.69, 9.17) is 19.6 Å². The number of benzene rings is 6. The topological polar surface area (TPSA) is 50.9 Å². The Labute approximate surface area is 334 Å². The predicted molar refractivity (Wildman–Crippen MR) is 230 cm³/mol. The fourth-order valence-corrected chi connectivity index (χ4v) is 7.21. The number of para-hydroxylation sites is 2. The summed E-state index contributed by atoms with van der Waals surface area (Å²) < 4.78 is 60.3. The molecule has 4 heteroatoms. The van der Waals surface area contributed by atoms with Gasteiger partial charge in [-0.1, -0.05) is 131 Å². The molecule has 4 nitrogen and oxygen atoms in total. The summed E-state index contributed by atoms with van der Waals surface area (Å²) in [4.78, 5) is 10.1. The second-order valence-electron chi connectivity index (χ2n) is 15.5. The van der Waals surface area contributed by atoms with Gasteiger partial charge in [-0.25, -0.2) is 4.98 Å². The van der Waals surface area contributed by atoms with Crippen molar-refractivity contribution in [3.63, 3.8) is 0 Å². The van der Waals surface area contributed by atoms with Gasteiger partial charge in [0, 0.05) is 27.0 Å². The third-order valence-corrected chi connectivity index (χ3v) is 9.94. The third-order valence-electron chi connectivity index (χ3n) is 9.94. The highest BCUT2D eigenvalue weighted by atomic mass is 16.3. The third kappa shape index (κ3) is 7.20. The van der Waals surface area contributed by atoms with E-state index in [0.29, 0.717) is 28.6 Å². The Kier molecular flexibility index (Phi) is 7.45. The van der Waals surface area contributed by atoms with Gasteiger partial charge in [-0.05, 0) is 113 Å². The maximum Gasteiger partial charge on any atom is 0.149 e. The zero-order chi connectivity index (χ0) is 44.2. The Hall–Kier alpha value is -6.26. The highest BCUT2D eigenvalue weighted by Crippen LogP contribution is 2.42. The minimum atomic E-state index is -2.81. The van der Waals surface area contributed by atoms with E-state index in [2.05, 4.69) is 87.7 Å². The first-order chi connectivity index (χ1) is 29.4. The van der Waals surface area contributed by atoms with E-state index < -0.39 is 36.6 Å². The van der Waals surface area contributed by atoms with Crippen molar-refractivity contribution >= 4 is 11.0 Å². The van der Waals surface area contributed by atoms with Gasteiger partial charge in [-0.2, -0.15) is 0 Å². The summed E-state index contributed by atoms with van der Waals surface area (Å²) in [6.45, 7) is 8.03. The molecule has 6 aromatic carbocycles. The van der Waals surface area contributed by atoms with Gasteiger partial charge in [0.1, 0.15) is 11.6 Å². The standard InChI is InChI=1S/C51H47N3O/c1-33(2)27-35-21-24-46(44(28-35)37-13-8-7-9-14-37)54-47-17-12-16-42(49(47)53-50(54)43-15-10-11-18-48(43)55)39-29-40(31-41(30-39)51(4,5)6)45-32-38(25-26-52-45)36-22-19-34(3)20-23-36/h7-26,28-33,55H,27H2,1-6H3/i3D3,19D,20D,22D,23D. The SMILES string of the molecule is [2H]c1c([2H])c(C([2H])([2H])[2H])c([2H])c([2H])c1-c1ccnc(-c2cc(-c3cccc4c3nc(-c3ccccc3O)n4-c3ccc(CC(C)C)cc3-c3ccccc3)cc(C(C)(C)C)c2)c1. The molecule has 0 bridgehead atoms. The van der Waals surface area contributed by atoms with Crippen molar-refractivity contribution in [1.29, 1.82) is 0 Å². The summed E-state index contributed by atoms with van der Waals surface area (Å²) in [5.41, 5.74) is 9.96. The van der Waals surface area contributed by atoms with E-state index >= 15 is 0 Å². The number of aromatic nitrogens is 3. The first-order valence-electron chi connectivity index (χ1n) is 22.1. The van der Waals surface area contributed by atoms with E-state index in [9.17, 15) is 5.11 Å². The Morgan fingerprint density at radius 2 is 1.44 bits per heavy atom. The fraction of sp³-hybridized carbons (Fsp3) is 0.176. The molecule has 0 saturated heterocycles. The molecule has 0 spiro atoms. The van der Waals surface area contributed by atoms with Crippen LogP contribution in [0.1, 0.15) is 60.9 Å². The van der Waals surface area contributed by atoms with Gasteiger partial charge in [-0.3, -0.25) is 9.55 Å². The monoisotopic (exact) mass is 724 g/mol. The largest absolute Gasteiger partial charge is 0.507 e. The number of hydrogen-bond donors (Lipinski definition) is 1. The first-order valence-corrected chi connectivity index (χ1v) is 18.6. The molecular formula is C51H47N3O. The van der Waals surface area contributed by atoms with Crippen LogP contribution in [-0.2, 0) is 11.8 Å². The molecule has 8 rings (SSSR count). The molecule has 0 fully saturated rings. The Morgan fingerprint density at radius 3 is 2.18 bits per heavy atom.